The van der Waals surface area contributed by atoms with Crippen molar-refractivity contribution in [2.45, 2.75) is 50.2 Å². The average molecular weight is 458 g/mol. The van der Waals surface area contributed by atoms with E-state index in [1.165, 1.54) is 6.26 Å². The summed E-state index contributed by atoms with van der Waals surface area (Å²) in [6, 6.07) is 3.73. The molecule has 10 heteroatoms. The summed E-state index contributed by atoms with van der Waals surface area (Å²) in [5.41, 5.74) is 2.45. The van der Waals surface area contributed by atoms with Crippen LogP contribution in [-0.4, -0.2) is 59.9 Å². The molecule has 2 aliphatic rings. The Labute approximate surface area is 186 Å². The van der Waals surface area contributed by atoms with Crippen LogP contribution in [0.5, 0.6) is 5.75 Å². The molecule has 9 nitrogen and oxygen atoms in total. The molecule has 0 amide bonds. The Hall–Kier alpha value is -2.56. The van der Waals surface area contributed by atoms with Crippen molar-refractivity contribution < 1.29 is 17.9 Å². The van der Waals surface area contributed by atoms with Crippen LogP contribution in [0.2, 0.25) is 0 Å². The van der Waals surface area contributed by atoms with E-state index in [0.717, 1.165) is 17.5 Å². The van der Waals surface area contributed by atoms with Gasteiger partial charge in [0.15, 0.2) is 21.4 Å². The van der Waals surface area contributed by atoms with Gasteiger partial charge in [0.1, 0.15) is 27.9 Å². The first kappa shape index (κ1) is 21.3. The third kappa shape index (κ3) is 3.28. The number of rotatable bonds is 3. The maximum Gasteiger partial charge on any atom is 0.167 e. The van der Waals surface area contributed by atoms with Gasteiger partial charge in [0.2, 0.25) is 0 Å². The third-order valence-corrected chi connectivity index (χ3v) is 8.49. The van der Waals surface area contributed by atoms with E-state index >= 15 is 0 Å². The Bertz CT molecular complexity index is 1290. The van der Waals surface area contributed by atoms with Crippen molar-refractivity contribution >= 4 is 20.9 Å². The van der Waals surface area contributed by atoms with Crippen LogP contribution in [0.25, 0.3) is 22.4 Å². The number of aromatic amines is 1. The van der Waals surface area contributed by atoms with Gasteiger partial charge >= 0.3 is 0 Å². The van der Waals surface area contributed by atoms with E-state index in [9.17, 15) is 8.42 Å². The summed E-state index contributed by atoms with van der Waals surface area (Å²) in [6.45, 7) is 6.89. The highest BCUT2D eigenvalue weighted by Crippen LogP contribution is 2.47. The largest absolute Gasteiger partial charge is 0.487 e. The molecule has 4 atom stereocenters. The second kappa shape index (κ2) is 7.50. The van der Waals surface area contributed by atoms with Gasteiger partial charge in [-0.3, -0.25) is 0 Å². The molecule has 5 heterocycles. The Morgan fingerprint density at radius 2 is 2.03 bits per heavy atom. The second-order valence-electron chi connectivity index (χ2n) is 8.88. The maximum absolute atomic E-state index is 13.0. The lowest BCUT2D eigenvalue weighted by molar-refractivity contribution is -0.00613. The molecular formula is C22H27N5O4S. The predicted molar refractivity (Wildman–Crippen MR) is 120 cm³/mol. The number of pyridine rings is 1. The lowest BCUT2D eigenvalue weighted by Crippen LogP contribution is -2.45. The molecule has 0 bridgehead atoms. The zero-order valence-electron chi connectivity index (χ0n) is 18.5. The summed E-state index contributed by atoms with van der Waals surface area (Å²) in [5, 5.41) is 4.27. The lowest BCUT2D eigenvalue weighted by Gasteiger charge is -2.39. The van der Waals surface area contributed by atoms with Crippen LogP contribution in [0.15, 0.2) is 24.5 Å². The highest BCUT2D eigenvalue weighted by molar-refractivity contribution is 7.91. The minimum absolute atomic E-state index is 0.0226. The smallest absolute Gasteiger partial charge is 0.167 e. The summed E-state index contributed by atoms with van der Waals surface area (Å²) in [5.74, 6) is 0.848. The van der Waals surface area contributed by atoms with Gasteiger partial charge in [-0.1, -0.05) is 0 Å². The first-order chi connectivity index (χ1) is 15.2. The Balaban J connectivity index is 1.82. The number of hydrogen-bond donors (Lipinski definition) is 2. The average Bonchev–Trinajstić information content (AvgIpc) is 3.22. The second-order valence-corrected chi connectivity index (χ2v) is 11.3. The highest BCUT2D eigenvalue weighted by Gasteiger charge is 2.48. The molecule has 0 aliphatic carbocycles. The van der Waals surface area contributed by atoms with Gasteiger partial charge < -0.3 is 19.8 Å². The number of morpholine rings is 1. The first-order valence-corrected chi connectivity index (χ1v) is 12.6. The molecule has 2 aliphatic heterocycles. The van der Waals surface area contributed by atoms with Crippen molar-refractivity contribution in [3.05, 3.63) is 35.9 Å². The molecule has 0 radical (unpaired) electrons. The van der Waals surface area contributed by atoms with Crippen LogP contribution < -0.4 is 10.1 Å². The fraction of sp³-hybridized carbons (Fsp3) is 0.500. The Morgan fingerprint density at radius 1 is 1.22 bits per heavy atom. The lowest BCUT2D eigenvalue weighted by atomic mass is 9.92. The van der Waals surface area contributed by atoms with Crippen molar-refractivity contribution in [2.24, 2.45) is 0 Å². The SMILES string of the molecule is CC1CC(C)(S(C)(=O)=O)c2nc(-c3ccnc4[nH]ccc34)nc([C@@H]3OCCNC3C)c2O1. The molecule has 3 aromatic rings. The van der Waals surface area contributed by atoms with Gasteiger partial charge in [0.25, 0.3) is 0 Å². The molecule has 0 saturated carbocycles. The Kier molecular flexibility index (Phi) is 4.99. The highest BCUT2D eigenvalue weighted by atomic mass is 32.2. The zero-order valence-corrected chi connectivity index (χ0v) is 19.4. The quantitative estimate of drug-likeness (QED) is 0.616. The summed E-state index contributed by atoms with van der Waals surface area (Å²) >= 11 is 0. The van der Waals surface area contributed by atoms with Crippen molar-refractivity contribution in [3.63, 3.8) is 0 Å². The Morgan fingerprint density at radius 3 is 2.78 bits per heavy atom. The van der Waals surface area contributed by atoms with Gasteiger partial charge in [-0.15, -0.1) is 0 Å². The van der Waals surface area contributed by atoms with Crippen LogP contribution >= 0.6 is 0 Å². The maximum atomic E-state index is 13.0. The molecule has 170 valence electrons. The van der Waals surface area contributed by atoms with E-state index in [0.29, 0.717) is 41.6 Å². The van der Waals surface area contributed by atoms with Crippen molar-refractivity contribution in [3.8, 4) is 17.1 Å². The topological polar surface area (TPSA) is 119 Å². The van der Waals surface area contributed by atoms with Crippen LogP contribution in [0.1, 0.15) is 44.7 Å². The fourth-order valence-electron chi connectivity index (χ4n) is 4.67. The molecule has 3 unspecified atom stereocenters. The summed E-state index contributed by atoms with van der Waals surface area (Å²) in [6.07, 6.45) is 4.36. The van der Waals surface area contributed by atoms with Gasteiger partial charge in [0.05, 0.1) is 12.7 Å². The number of nitrogens with one attached hydrogen (secondary N) is 2. The molecule has 2 N–H and O–H groups in total. The summed E-state index contributed by atoms with van der Waals surface area (Å²) in [4.78, 5) is 17.2. The van der Waals surface area contributed by atoms with E-state index in [-0.39, 0.29) is 12.1 Å². The molecule has 0 spiro atoms. The standard InChI is InChI=1S/C22H27N5O4S/c1-12-11-22(3,32(4,28)29)19-18(31-12)16(17-13(2)23-9-10-30-17)26-21(27-19)15-6-8-25-20-14(15)5-7-24-20/h5-8,12-13,17,23H,9-11H2,1-4H3,(H,24,25)/t12?,13?,17-,22?/m1/s1. The molecular weight excluding hydrogens is 430 g/mol. The normalized spacial score (nSPS) is 28.3. The van der Waals surface area contributed by atoms with Gasteiger partial charge in [-0.05, 0) is 32.9 Å². The first-order valence-electron chi connectivity index (χ1n) is 10.7. The van der Waals surface area contributed by atoms with Gasteiger partial charge in [-0.25, -0.2) is 23.4 Å². The fourth-order valence-corrected chi connectivity index (χ4v) is 5.69. The van der Waals surface area contributed by atoms with E-state index in [2.05, 4.69) is 15.3 Å². The van der Waals surface area contributed by atoms with E-state index in [4.69, 9.17) is 19.4 Å². The van der Waals surface area contributed by atoms with E-state index in [1.54, 1.807) is 13.1 Å². The van der Waals surface area contributed by atoms with Crippen LogP contribution in [0.3, 0.4) is 0 Å². The van der Waals surface area contributed by atoms with Crippen LogP contribution in [0, 0.1) is 0 Å². The van der Waals surface area contributed by atoms with Gasteiger partial charge in [0, 0.05) is 48.6 Å². The minimum atomic E-state index is -3.51. The third-order valence-electron chi connectivity index (χ3n) is 6.50. The van der Waals surface area contributed by atoms with Crippen molar-refractivity contribution in [1.29, 1.82) is 0 Å². The van der Waals surface area contributed by atoms with Crippen molar-refractivity contribution in [1.82, 2.24) is 25.3 Å². The number of ether oxygens (including phenoxy) is 2. The molecule has 5 rings (SSSR count). The zero-order chi connectivity index (χ0) is 22.7. The summed E-state index contributed by atoms with van der Waals surface area (Å²) in [7, 11) is -3.51. The predicted octanol–water partition coefficient (Wildman–Crippen LogP) is 2.50. The van der Waals surface area contributed by atoms with Crippen LogP contribution in [0.4, 0.5) is 0 Å². The number of aromatic nitrogens is 4. The molecule has 32 heavy (non-hydrogen) atoms. The molecule has 3 aromatic heterocycles. The van der Waals surface area contributed by atoms with E-state index < -0.39 is 20.7 Å². The number of H-pyrrole nitrogens is 1. The van der Waals surface area contributed by atoms with Gasteiger partial charge in [-0.2, -0.15) is 0 Å². The summed E-state index contributed by atoms with van der Waals surface area (Å²) < 4.78 is 37.1. The monoisotopic (exact) mass is 457 g/mol. The molecule has 1 fully saturated rings. The van der Waals surface area contributed by atoms with Crippen LogP contribution in [-0.2, 0) is 19.3 Å². The number of sulfone groups is 1. The minimum Gasteiger partial charge on any atom is -0.487 e. The van der Waals surface area contributed by atoms with E-state index in [1.807, 2.05) is 32.2 Å². The number of hydrogen-bond acceptors (Lipinski definition) is 8. The number of fused-ring (bicyclic) bond motifs is 2. The van der Waals surface area contributed by atoms with Crippen molar-refractivity contribution in [2.75, 3.05) is 19.4 Å². The molecule has 1 saturated heterocycles. The number of nitrogens with zero attached hydrogens (tertiary/aromatic N) is 3. The molecule has 0 aromatic carbocycles.